The minimum absolute atomic E-state index is 0.00555. The van der Waals surface area contributed by atoms with Crippen LogP contribution in [0.2, 0.25) is 0 Å². The van der Waals surface area contributed by atoms with Gasteiger partial charge in [-0.15, -0.1) is 0 Å². The summed E-state index contributed by atoms with van der Waals surface area (Å²) in [6.07, 6.45) is -3.19. The number of carbonyl (C=O) groups is 1. The van der Waals surface area contributed by atoms with Crippen molar-refractivity contribution in [3.63, 3.8) is 0 Å². The minimum Gasteiger partial charge on any atom is -0.441 e. The minimum atomic E-state index is -1.77. The van der Waals surface area contributed by atoms with E-state index in [0.29, 0.717) is 6.42 Å². The van der Waals surface area contributed by atoms with Crippen molar-refractivity contribution in [1.29, 1.82) is 1.43 Å². The summed E-state index contributed by atoms with van der Waals surface area (Å²) >= 11 is 0. The van der Waals surface area contributed by atoms with E-state index in [1.54, 1.807) is 6.92 Å². The van der Waals surface area contributed by atoms with E-state index >= 15 is 0 Å². The van der Waals surface area contributed by atoms with Gasteiger partial charge in [0.15, 0.2) is 6.23 Å². The van der Waals surface area contributed by atoms with E-state index in [-0.39, 0.29) is 50.9 Å². The molecule has 290 valence electrons. The number of rotatable bonds is 14. The Morgan fingerprint density at radius 1 is 1.17 bits per heavy atom. The second-order valence-electron chi connectivity index (χ2n) is 13.0. The van der Waals surface area contributed by atoms with Crippen LogP contribution in [0.15, 0.2) is 64.3 Å². The number of nitrogens with one attached hydrogen (secondary N) is 2. The Balaban J connectivity index is 0.00000225. The highest BCUT2D eigenvalue weighted by Crippen LogP contribution is 2.50. The predicted octanol–water partition coefficient (Wildman–Crippen LogP) is 4.85. The van der Waals surface area contributed by atoms with Crippen LogP contribution in [-0.2, 0) is 29.7 Å². The zero-order valence-corrected chi connectivity index (χ0v) is 32.3. The summed E-state index contributed by atoms with van der Waals surface area (Å²) in [5.74, 6) is 6.43. The first-order chi connectivity index (χ1) is 26.9. The molecule has 3 N–H and O–H groups in total. The summed E-state index contributed by atoms with van der Waals surface area (Å²) in [6, 6.07) is 15.4. The molecule has 0 radical (unpaired) electrons. The number of benzene rings is 2. The molecule has 54 heavy (non-hydrogen) atoms. The molecule has 0 saturated carbocycles. The fourth-order valence-corrected chi connectivity index (χ4v) is 7.94. The van der Waals surface area contributed by atoms with E-state index < -0.39 is 56.5 Å². The topological polar surface area (TPSA) is 158 Å². The maximum atomic E-state index is 13.2. The number of aliphatic hydroxyl groups is 1. The SMILES string of the molecule is [2H]C[C@H]1O[C@@H](n2cc(C)c(=O)[nH]c2=O)[C@@H](OCCNC(=O)OC2Cc3ccccc3C#Cc3ccccc32)C1OP(OCC[N+]#[C-])N(C(C)C)C(C)C.[3H]OC. The Labute approximate surface area is 320 Å². The summed E-state index contributed by atoms with van der Waals surface area (Å²) in [6.45, 7) is 16.9. The highest BCUT2D eigenvalue weighted by molar-refractivity contribution is 7.44. The number of aromatic nitrogens is 2. The number of hydrogen-bond donors (Lipinski definition) is 3. The van der Waals surface area contributed by atoms with E-state index in [9.17, 15) is 14.4 Å². The molecule has 1 aromatic heterocycles. The number of aryl methyl sites for hydroxylation is 1. The summed E-state index contributed by atoms with van der Waals surface area (Å²) in [7, 11) is -0.481. The van der Waals surface area contributed by atoms with Crippen LogP contribution in [0, 0.1) is 25.3 Å². The maximum absolute atomic E-state index is 13.2. The number of hydrogen-bond acceptors (Lipinski definition) is 10. The third kappa shape index (κ3) is 10.6. The van der Waals surface area contributed by atoms with E-state index in [1.807, 2.05) is 76.2 Å². The molecule has 15 heteroatoms. The molecule has 1 aliphatic heterocycles. The number of alkyl carbamates (subject to hydrolysis) is 1. The standard InChI is InChI=1S/C38H46N5O8P.CH4O/c1-24(2)43(25(3)4)52(48-21-18-39-7)51-33-27(6)49-36(42-23-26(5)35(44)41-37(42)45)34(33)47-20-19-40-38(46)50-32-22-30-14-9-8-12-28(30)16-17-29-13-10-11-15-31(29)32;1-2/h8-15,23-25,27,32-34,36H,18-22H2,1-6H3,(H,40,46)(H,41,44,45);2H,1H3/t27-,32?,33?,34+,36-,52?;/m1./s1/i6D;2T. The fraction of sp³-hybridized carbons (Fsp3) is 0.487. The van der Waals surface area contributed by atoms with Crippen LogP contribution in [-0.4, -0.2) is 90.7 Å². The number of nitrogens with zero attached hydrogens (tertiary/aromatic N) is 3. The molecule has 5 rings (SSSR count). The third-order valence-corrected chi connectivity index (χ3v) is 10.7. The molecule has 1 saturated heterocycles. The molecule has 3 unspecified atom stereocenters. The molecular weight excluding hydrogens is 713 g/mol. The Morgan fingerprint density at radius 2 is 1.85 bits per heavy atom. The van der Waals surface area contributed by atoms with Crippen LogP contribution < -0.4 is 16.6 Å². The first-order valence-electron chi connectivity index (χ1n) is 18.8. The first kappa shape index (κ1) is 39.3. The van der Waals surface area contributed by atoms with Gasteiger partial charge >= 0.3 is 11.8 Å². The number of amides is 1. The van der Waals surface area contributed by atoms with Gasteiger partial charge in [0.2, 0.25) is 7.98 Å². The Morgan fingerprint density at radius 3 is 2.56 bits per heavy atom. The van der Waals surface area contributed by atoms with Gasteiger partial charge in [-0.3, -0.25) is 14.3 Å². The van der Waals surface area contributed by atoms with Crippen LogP contribution in [0.5, 0.6) is 0 Å². The second kappa shape index (κ2) is 20.3. The summed E-state index contributed by atoms with van der Waals surface area (Å²) < 4.78 is 48.7. The second-order valence-corrected chi connectivity index (χ2v) is 14.4. The average Bonchev–Trinajstić information content (AvgIpc) is 3.50. The Hall–Kier alpha value is -4.37. The highest BCUT2D eigenvalue weighted by Gasteiger charge is 2.48. The van der Waals surface area contributed by atoms with Crippen LogP contribution in [0.25, 0.3) is 4.85 Å². The molecule has 6 atom stereocenters. The molecule has 1 fully saturated rings. The molecule has 2 aromatic carbocycles. The van der Waals surface area contributed by atoms with Crippen molar-refractivity contribution in [3.05, 3.63) is 115 Å². The molecule has 1 amide bonds. The largest absolute Gasteiger partial charge is 0.441 e. The van der Waals surface area contributed by atoms with Crippen molar-refractivity contribution in [1.82, 2.24) is 19.5 Å². The van der Waals surface area contributed by atoms with Gasteiger partial charge < -0.3 is 38.5 Å². The van der Waals surface area contributed by atoms with Crippen LogP contribution in [0.4, 0.5) is 4.79 Å². The van der Waals surface area contributed by atoms with Crippen molar-refractivity contribution < 1.29 is 34.5 Å². The maximum Gasteiger partial charge on any atom is 0.407 e. The van der Waals surface area contributed by atoms with Crippen molar-refractivity contribution >= 4 is 14.6 Å². The van der Waals surface area contributed by atoms with Crippen molar-refractivity contribution in [2.45, 2.75) is 90.7 Å². The molecule has 0 spiro atoms. The summed E-state index contributed by atoms with van der Waals surface area (Å²) in [5.41, 5.74) is 2.48. The number of fused-ring (bicyclic) bond motifs is 2. The zero-order valence-electron chi connectivity index (χ0n) is 33.4. The zero-order chi connectivity index (χ0) is 40.8. The van der Waals surface area contributed by atoms with Crippen LogP contribution in [0.3, 0.4) is 0 Å². The Kier molecular flexibility index (Phi) is 14.8. The van der Waals surface area contributed by atoms with Gasteiger partial charge in [0.05, 0.1) is 12.7 Å². The van der Waals surface area contributed by atoms with Crippen molar-refractivity contribution in [2.75, 3.05) is 33.4 Å². The van der Waals surface area contributed by atoms with Crippen molar-refractivity contribution in [3.8, 4) is 11.8 Å². The molecule has 0 bridgehead atoms. The van der Waals surface area contributed by atoms with Gasteiger partial charge in [-0.25, -0.2) is 20.8 Å². The first-order valence-corrected chi connectivity index (χ1v) is 18.8. The van der Waals surface area contributed by atoms with Gasteiger partial charge in [-0.1, -0.05) is 48.2 Å². The van der Waals surface area contributed by atoms with E-state index in [1.165, 1.54) is 17.9 Å². The lowest BCUT2D eigenvalue weighted by molar-refractivity contribution is -0.0673. The lowest BCUT2D eigenvalue weighted by Gasteiger charge is -2.37. The van der Waals surface area contributed by atoms with Gasteiger partial charge in [0.1, 0.15) is 24.9 Å². The molecule has 1 aliphatic carbocycles. The number of aliphatic hydroxyl groups excluding tert-OH is 1. The number of carbonyl (C=O) groups excluding carboxylic acids is 1. The molecule has 2 aliphatic rings. The number of ether oxygens (including phenoxy) is 3. The quantitative estimate of drug-likeness (QED) is 0.0898. The van der Waals surface area contributed by atoms with Crippen LogP contribution in [0.1, 0.15) is 76.1 Å². The highest BCUT2D eigenvalue weighted by atomic mass is 31.2. The molecule has 14 nitrogen and oxygen atoms in total. The Bertz CT molecular complexity index is 1970. The van der Waals surface area contributed by atoms with Gasteiger partial charge in [0, 0.05) is 62.0 Å². The normalized spacial score (nSPS) is 21.1. The average molecular weight is 767 g/mol. The summed E-state index contributed by atoms with van der Waals surface area (Å²) in [4.78, 5) is 44.3. The van der Waals surface area contributed by atoms with Gasteiger partial charge in [0.25, 0.3) is 14.1 Å². The van der Waals surface area contributed by atoms with Gasteiger partial charge in [-0.05, 0) is 59.2 Å². The molecular formula is C39H50N5O9P. The van der Waals surface area contributed by atoms with Crippen LogP contribution >= 0.6 is 8.53 Å². The lowest BCUT2D eigenvalue weighted by atomic mass is 9.92. The summed E-state index contributed by atoms with van der Waals surface area (Å²) in [5, 5.41) is 6.28. The van der Waals surface area contributed by atoms with E-state index in [0.717, 1.165) is 22.3 Å². The van der Waals surface area contributed by atoms with E-state index in [4.69, 9.17) is 32.6 Å². The monoisotopic (exact) mass is 766 g/mol. The number of H-pyrrole nitrogens is 1. The van der Waals surface area contributed by atoms with Gasteiger partial charge in [-0.2, -0.15) is 0 Å². The molecule has 3 aromatic rings. The lowest BCUT2D eigenvalue weighted by Crippen LogP contribution is -2.42. The number of aromatic amines is 1. The van der Waals surface area contributed by atoms with E-state index in [2.05, 4.69) is 36.8 Å². The predicted molar refractivity (Wildman–Crippen MR) is 205 cm³/mol. The third-order valence-electron chi connectivity index (χ3n) is 8.56. The fourth-order valence-electron chi connectivity index (χ4n) is 6.19. The smallest absolute Gasteiger partial charge is 0.407 e. The van der Waals surface area contributed by atoms with Crippen molar-refractivity contribution in [2.24, 2.45) is 0 Å². The molecule has 2 heterocycles.